The van der Waals surface area contributed by atoms with E-state index in [9.17, 15) is 0 Å². The zero-order chi connectivity index (χ0) is 14.2. The van der Waals surface area contributed by atoms with E-state index in [1.54, 1.807) is 0 Å². The van der Waals surface area contributed by atoms with Crippen LogP contribution >= 0.6 is 0 Å². The second-order valence-corrected chi connectivity index (χ2v) is 5.43. The molecule has 0 aliphatic rings. The molecule has 106 valence electrons. The maximum atomic E-state index is 5.68. The normalized spacial score (nSPS) is 12.3. The third-order valence-corrected chi connectivity index (χ3v) is 3.70. The fraction of sp³-hybridized carbons (Fsp3) is 0.333. The van der Waals surface area contributed by atoms with Gasteiger partial charge < -0.3 is 0 Å². The monoisotopic (exact) mass is 268 g/mol. The second kappa shape index (κ2) is 7.83. The Kier molecular flexibility index (Phi) is 5.78. The second-order valence-electron chi connectivity index (χ2n) is 5.43. The highest BCUT2D eigenvalue weighted by Crippen LogP contribution is 2.11. The third-order valence-electron chi connectivity index (χ3n) is 3.70. The highest BCUT2D eigenvalue weighted by molar-refractivity contribution is 5.22. The number of benzene rings is 2. The van der Waals surface area contributed by atoms with Crippen LogP contribution in [0.5, 0.6) is 0 Å². The van der Waals surface area contributed by atoms with Crippen molar-refractivity contribution in [2.75, 3.05) is 0 Å². The van der Waals surface area contributed by atoms with E-state index in [0.717, 1.165) is 25.7 Å². The first-order valence-corrected chi connectivity index (χ1v) is 7.33. The van der Waals surface area contributed by atoms with E-state index < -0.39 is 0 Å². The fourth-order valence-corrected chi connectivity index (χ4v) is 2.45. The number of hydrogen-bond acceptors (Lipinski definition) is 2. The average molecular weight is 268 g/mol. The summed E-state index contributed by atoms with van der Waals surface area (Å²) in [6, 6.07) is 19.7. The predicted molar refractivity (Wildman–Crippen MR) is 85.4 cm³/mol. The van der Waals surface area contributed by atoms with Crippen molar-refractivity contribution in [1.82, 2.24) is 5.43 Å². The molecule has 3 N–H and O–H groups in total. The molecule has 2 aromatic carbocycles. The smallest absolute Gasteiger partial charge is 0.0251 e. The molecule has 0 amide bonds. The number of hydrogen-bond donors (Lipinski definition) is 2. The van der Waals surface area contributed by atoms with Crippen molar-refractivity contribution in [1.29, 1.82) is 0 Å². The lowest BCUT2D eigenvalue weighted by atomic mass is 9.99. The first kappa shape index (κ1) is 14.8. The summed E-state index contributed by atoms with van der Waals surface area (Å²) in [5.74, 6) is 5.68. The minimum absolute atomic E-state index is 0.349. The molecule has 0 aliphatic carbocycles. The van der Waals surface area contributed by atoms with Crippen molar-refractivity contribution in [2.45, 2.75) is 38.6 Å². The van der Waals surface area contributed by atoms with Crippen LogP contribution in [0.15, 0.2) is 54.6 Å². The summed E-state index contributed by atoms with van der Waals surface area (Å²) in [7, 11) is 0. The summed E-state index contributed by atoms with van der Waals surface area (Å²) in [4.78, 5) is 0. The topological polar surface area (TPSA) is 38.0 Å². The summed E-state index contributed by atoms with van der Waals surface area (Å²) in [5.41, 5.74) is 7.00. The van der Waals surface area contributed by atoms with E-state index in [2.05, 4.69) is 66.9 Å². The molecule has 2 nitrogen and oxygen atoms in total. The van der Waals surface area contributed by atoms with Crippen molar-refractivity contribution in [2.24, 2.45) is 5.84 Å². The van der Waals surface area contributed by atoms with Crippen LogP contribution in [0.2, 0.25) is 0 Å². The first-order valence-electron chi connectivity index (χ1n) is 7.33. The largest absolute Gasteiger partial charge is 0.271 e. The summed E-state index contributed by atoms with van der Waals surface area (Å²) in [6.45, 7) is 2.11. The Bertz CT molecular complexity index is 491. The molecule has 0 aliphatic heterocycles. The lowest BCUT2D eigenvalue weighted by molar-refractivity contribution is 0.476. The molecule has 0 saturated carbocycles. The standard InChI is InChI=1S/C18H24N2/c1-15-10-12-17(13-11-15)14-18(20-19)9-5-8-16-6-3-2-4-7-16/h2-4,6-7,10-13,18,20H,5,8-9,14,19H2,1H3. The van der Waals surface area contributed by atoms with Crippen LogP contribution in [0, 0.1) is 6.92 Å². The number of rotatable bonds is 7. The molecule has 2 rings (SSSR count). The van der Waals surface area contributed by atoms with E-state index in [4.69, 9.17) is 5.84 Å². The van der Waals surface area contributed by atoms with Crippen molar-refractivity contribution in [3.8, 4) is 0 Å². The zero-order valence-corrected chi connectivity index (χ0v) is 12.2. The van der Waals surface area contributed by atoms with E-state index in [1.165, 1.54) is 16.7 Å². The van der Waals surface area contributed by atoms with Gasteiger partial charge in [-0.05, 0) is 43.7 Å². The van der Waals surface area contributed by atoms with Gasteiger partial charge in [0.2, 0.25) is 0 Å². The molecule has 0 heterocycles. The first-order chi connectivity index (χ1) is 9.78. The third kappa shape index (κ3) is 4.80. The SMILES string of the molecule is Cc1ccc(CC(CCCc2ccccc2)NN)cc1. The zero-order valence-electron chi connectivity index (χ0n) is 12.2. The Morgan fingerprint density at radius 1 is 0.950 bits per heavy atom. The van der Waals surface area contributed by atoms with Gasteiger partial charge in [0.25, 0.3) is 0 Å². The quantitative estimate of drug-likeness (QED) is 0.596. The van der Waals surface area contributed by atoms with Crippen molar-refractivity contribution in [3.63, 3.8) is 0 Å². The molecule has 0 bridgehead atoms. The van der Waals surface area contributed by atoms with Crippen LogP contribution in [-0.2, 0) is 12.8 Å². The van der Waals surface area contributed by atoms with Crippen LogP contribution in [0.25, 0.3) is 0 Å². The molecule has 2 aromatic rings. The van der Waals surface area contributed by atoms with Gasteiger partial charge in [0.1, 0.15) is 0 Å². The summed E-state index contributed by atoms with van der Waals surface area (Å²) in [5, 5.41) is 0. The van der Waals surface area contributed by atoms with Crippen LogP contribution in [0.4, 0.5) is 0 Å². The molecule has 0 spiro atoms. The van der Waals surface area contributed by atoms with Gasteiger partial charge in [0, 0.05) is 6.04 Å². The van der Waals surface area contributed by atoms with Crippen LogP contribution in [-0.4, -0.2) is 6.04 Å². The van der Waals surface area contributed by atoms with Gasteiger partial charge in [-0.1, -0.05) is 60.2 Å². The fourth-order valence-electron chi connectivity index (χ4n) is 2.45. The maximum Gasteiger partial charge on any atom is 0.0251 e. The minimum atomic E-state index is 0.349. The van der Waals surface area contributed by atoms with Gasteiger partial charge in [0.15, 0.2) is 0 Å². The number of hydrazine groups is 1. The Balaban J connectivity index is 1.79. The van der Waals surface area contributed by atoms with Gasteiger partial charge in [-0.25, -0.2) is 0 Å². The van der Waals surface area contributed by atoms with Gasteiger partial charge in [-0.15, -0.1) is 0 Å². The number of nitrogens with two attached hydrogens (primary N) is 1. The van der Waals surface area contributed by atoms with Gasteiger partial charge in [0.05, 0.1) is 0 Å². The molecule has 0 saturated heterocycles. The van der Waals surface area contributed by atoms with Crippen molar-refractivity contribution < 1.29 is 0 Å². The average Bonchev–Trinajstić information content (AvgIpc) is 2.49. The number of aryl methyl sites for hydroxylation is 2. The molecule has 0 aromatic heterocycles. The highest BCUT2D eigenvalue weighted by Gasteiger charge is 2.07. The lowest BCUT2D eigenvalue weighted by Crippen LogP contribution is -2.36. The Morgan fingerprint density at radius 2 is 1.65 bits per heavy atom. The van der Waals surface area contributed by atoms with Crippen LogP contribution < -0.4 is 11.3 Å². The molecule has 1 unspecified atom stereocenters. The van der Waals surface area contributed by atoms with Crippen molar-refractivity contribution >= 4 is 0 Å². The summed E-state index contributed by atoms with van der Waals surface area (Å²) < 4.78 is 0. The Labute approximate surface area is 122 Å². The number of nitrogens with one attached hydrogen (secondary N) is 1. The molecular weight excluding hydrogens is 244 g/mol. The highest BCUT2D eigenvalue weighted by atomic mass is 15.2. The van der Waals surface area contributed by atoms with E-state index in [1.807, 2.05) is 0 Å². The maximum absolute atomic E-state index is 5.68. The molecule has 0 fully saturated rings. The van der Waals surface area contributed by atoms with E-state index in [-0.39, 0.29) is 0 Å². The van der Waals surface area contributed by atoms with E-state index in [0.29, 0.717) is 6.04 Å². The summed E-state index contributed by atoms with van der Waals surface area (Å²) in [6.07, 6.45) is 4.36. The molecule has 1 atom stereocenters. The summed E-state index contributed by atoms with van der Waals surface area (Å²) >= 11 is 0. The van der Waals surface area contributed by atoms with Gasteiger partial charge >= 0.3 is 0 Å². The molecular formula is C18H24N2. The van der Waals surface area contributed by atoms with Crippen molar-refractivity contribution in [3.05, 3.63) is 71.3 Å². The van der Waals surface area contributed by atoms with Crippen LogP contribution in [0.1, 0.15) is 29.5 Å². The predicted octanol–water partition coefficient (Wildman–Crippen LogP) is 3.39. The van der Waals surface area contributed by atoms with Gasteiger partial charge in [-0.3, -0.25) is 11.3 Å². The Morgan fingerprint density at radius 3 is 2.30 bits per heavy atom. The molecule has 0 radical (unpaired) electrons. The van der Waals surface area contributed by atoms with Crippen LogP contribution in [0.3, 0.4) is 0 Å². The Hall–Kier alpha value is -1.64. The lowest BCUT2D eigenvalue weighted by Gasteiger charge is -2.16. The van der Waals surface area contributed by atoms with E-state index >= 15 is 0 Å². The molecule has 2 heteroatoms. The molecule has 20 heavy (non-hydrogen) atoms. The van der Waals surface area contributed by atoms with Gasteiger partial charge in [-0.2, -0.15) is 0 Å². The minimum Gasteiger partial charge on any atom is -0.271 e.